The summed E-state index contributed by atoms with van der Waals surface area (Å²) in [5.41, 5.74) is 4.26. The van der Waals surface area contributed by atoms with Crippen LogP contribution in [0.5, 0.6) is 0 Å². The van der Waals surface area contributed by atoms with Gasteiger partial charge in [0.2, 0.25) is 0 Å². The monoisotopic (exact) mass is 274 g/mol. The molecule has 1 aromatic carbocycles. The van der Waals surface area contributed by atoms with Gasteiger partial charge in [-0.05, 0) is 30.7 Å². The van der Waals surface area contributed by atoms with Gasteiger partial charge in [0.05, 0.1) is 5.56 Å². The molecule has 0 saturated heterocycles. The molecule has 2 aromatic rings. The van der Waals surface area contributed by atoms with Crippen molar-refractivity contribution in [1.29, 1.82) is 0 Å². The lowest BCUT2D eigenvalue weighted by Crippen LogP contribution is -2.24. The second-order valence-electron chi connectivity index (χ2n) is 4.89. The highest BCUT2D eigenvalue weighted by molar-refractivity contribution is 5.96. The lowest BCUT2D eigenvalue weighted by atomic mass is 10.0. The predicted molar refractivity (Wildman–Crippen MR) is 75.5 cm³/mol. The summed E-state index contributed by atoms with van der Waals surface area (Å²) in [6, 6.07) is 5.59. The molecule has 0 saturated carbocycles. The van der Waals surface area contributed by atoms with Crippen molar-refractivity contribution < 1.29 is 14.6 Å². The quantitative estimate of drug-likeness (QED) is 0.656. The third-order valence-corrected chi connectivity index (χ3v) is 3.87. The molecule has 0 radical (unpaired) electrons. The Kier molecular flexibility index (Phi) is 3.46. The molecule has 106 valence electrons. The van der Waals surface area contributed by atoms with Crippen LogP contribution >= 0.6 is 0 Å². The average Bonchev–Trinajstić information content (AvgIpc) is 2.80. The first-order valence-corrected chi connectivity index (χ1v) is 6.89. The zero-order valence-electron chi connectivity index (χ0n) is 11.5. The summed E-state index contributed by atoms with van der Waals surface area (Å²) in [6.45, 7) is 4.29. The summed E-state index contributed by atoms with van der Waals surface area (Å²) in [5, 5.41) is 13.2. The highest BCUT2D eigenvalue weighted by Crippen LogP contribution is 2.29. The van der Waals surface area contributed by atoms with E-state index in [9.17, 15) is 4.79 Å². The first-order valence-electron chi connectivity index (χ1n) is 6.89. The Morgan fingerprint density at radius 2 is 2.35 bits per heavy atom. The van der Waals surface area contributed by atoms with Crippen molar-refractivity contribution >= 4 is 16.9 Å². The number of nitrogens with zero attached hydrogens (tertiary/aromatic N) is 1. The van der Waals surface area contributed by atoms with Gasteiger partial charge in [-0.25, -0.2) is 4.79 Å². The number of aromatic nitrogens is 1. The minimum absolute atomic E-state index is 0.480. The van der Waals surface area contributed by atoms with Gasteiger partial charge in [-0.15, -0.1) is 0 Å². The van der Waals surface area contributed by atoms with Crippen LogP contribution in [0.1, 0.15) is 28.5 Å². The molecule has 3 rings (SSSR count). The van der Waals surface area contributed by atoms with Crippen molar-refractivity contribution in [3.63, 3.8) is 0 Å². The van der Waals surface area contributed by atoms with Gasteiger partial charge in [0, 0.05) is 42.7 Å². The Labute approximate surface area is 117 Å². The molecular weight excluding hydrogens is 256 g/mol. The summed E-state index contributed by atoms with van der Waals surface area (Å²) in [6.07, 6.45) is 1.01. The maximum absolute atomic E-state index is 11.7. The minimum Gasteiger partial charge on any atom is -0.435 e. The lowest BCUT2D eigenvalue weighted by molar-refractivity contribution is 0.00685. The summed E-state index contributed by atoms with van der Waals surface area (Å²) < 4.78 is 6.96. The van der Waals surface area contributed by atoms with Crippen LogP contribution in [0.3, 0.4) is 0 Å². The molecule has 2 heterocycles. The van der Waals surface area contributed by atoms with Crippen LogP contribution in [0.15, 0.2) is 18.2 Å². The largest absolute Gasteiger partial charge is 0.435 e. The van der Waals surface area contributed by atoms with Gasteiger partial charge in [-0.2, -0.15) is 0 Å². The topological polar surface area (TPSA) is 63.5 Å². The van der Waals surface area contributed by atoms with Crippen LogP contribution in [0.4, 0.5) is 0 Å². The summed E-state index contributed by atoms with van der Waals surface area (Å²) in [5.74, 6) is -0.490. The van der Waals surface area contributed by atoms with Crippen LogP contribution in [-0.4, -0.2) is 29.0 Å². The molecule has 2 N–H and O–H groups in total. The molecule has 20 heavy (non-hydrogen) atoms. The minimum atomic E-state index is -0.591. The molecule has 0 spiro atoms. The normalized spacial score (nSPS) is 14.3. The Balaban J connectivity index is 2.16. The van der Waals surface area contributed by atoms with E-state index in [0.717, 1.165) is 37.0 Å². The van der Waals surface area contributed by atoms with Crippen LogP contribution in [0.2, 0.25) is 0 Å². The summed E-state index contributed by atoms with van der Waals surface area (Å²) >= 11 is 0. The number of carbonyl (C=O) groups excluding carboxylic acids is 1. The fraction of sp³-hybridized carbons (Fsp3) is 0.400. The molecule has 0 atom stereocenters. The van der Waals surface area contributed by atoms with Gasteiger partial charge in [0.15, 0.2) is 6.79 Å². The van der Waals surface area contributed by atoms with E-state index < -0.39 is 12.8 Å². The molecule has 0 bridgehead atoms. The van der Waals surface area contributed by atoms with E-state index in [-0.39, 0.29) is 0 Å². The van der Waals surface area contributed by atoms with E-state index in [0.29, 0.717) is 5.56 Å². The van der Waals surface area contributed by atoms with Gasteiger partial charge in [0.1, 0.15) is 0 Å². The number of fused-ring (bicyclic) bond motifs is 3. The molecule has 0 aliphatic carbocycles. The van der Waals surface area contributed by atoms with Crippen molar-refractivity contribution in [3.05, 3.63) is 35.0 Å². The van der Waals surface area contributed by atoms with Gasteiger partial charge < -0.3 is 19.7 Å². The molecule has 1 aliphatic heterocycles. The van der Waals surface area contributed by atoms with Gasteiger partial charge in [-0.1, -0.05) is 0 Å². The van der Waals surface area contributed by atoms with E-state index in [1.54, 1.807) is 6.07 Å². The smallest absolute Gasteiger partial charge is 0.340 e. The molecule has 1 aliphatic rings. The van der Waals surface area contributed by atoms with Crippen molar-refractivity contribution in [3.8, 4) is 0 Å². The highest BCUT2D eigenvalue weighted by atomic mass is 16.6. The third-order valence-electron chi connectivity index (χ3n) is 3.87. The Morgan fingerprint density at radius 1 is 1.50 bits per heavy atom. The molecule has 1 aromatic heterocycles. The number of hydrogen-bond donors (Lipinski definition) is 2. The molecule has 0 unspecified atom stereocenters. The zero-order valence-corrected chi connectivity index (χ0v) is 11.5. The second-order valence-corrected chi connectivity index (χ2v) is 4.89. The highest BCUT2D eigenvalue weighted by Gasteiger charge is 2.20. The van der Waals surface area contributed by atoms with Gasteiger partial charge >= 0.3 is 5.97 Å². The van der Waals surface area contributed by atoms with E-state index in [1.807, 2.05) is 12.1 Å². The number of carbonyl (C=O) groups is 1. The van der Waals surface area contributed by atoms with Crippen LogP contribution in [0.25, 0.3) is 10.9 Å². The van der Waals surface area contributed by atoms with Crippen LogP contribution in [-0.2, 0) is 24.2 Å². The van der Waals surface area contributed by atoms with E-state index in [2.05, 4.69) is 21.5 Å². The number of ether oxygens (including phenoxy) is 1. The number of benzene rings is 1. The number of hydrogen-bond acceptors (Lipinski definition) is 4. The Hall–Kier alpha value is -1.85. The maximum Gasteiger partial charge on any atom is 0.340 e. The number of aryl methyl sites for hydroxylation is 1. The Morgan fingerprint density at radius 3 is 3.10 bits per heavy atom. The number of rotatable bonds is 3. The summed E-state index contributed by atoms with van der Waals surface area (Å²) in [4.78, 5) is 11.7. The van der Waals surface area contributed by atoms with Crippen LogP contribution in [0, 0.1) is 0 Å². The molecule has 5 nitrogen and oxygen atoms in total. The lowest BCUT2D eigenvalue weighted by Gasteiger charge is -2.15. The van der Waals surface area contributed by atoms with Crippen molar-refractivity contribution in [2.75, 3.05) is 13.3 Å². The number of aliphatic hydroxyl groups excluding tert-OH is 1. The number of aliphatic hydroxyl groups is 1. The molecular formula is C15H18N2O3. The maximum atomic E-state index is 11.7. The summed E-state index contributed by atoms with van der Waals surface area (Å²) in [7, 11) is 0. The van der Waals surface area contributed by atoms with E-state index >= 15 is 0 Å². The first kappa shape index (κ1) is 13.1. The Bertz CT molecular complexity index is 661. The van der Waals surface area contributed by atoms with Crippen molar-refractivity contribution in [1.82, 2.24) is 9.88 Å². The SMILES string of the molecule is CCn1c2c(c3cc(C(=O)OCO)ccc31)CNCC2. The average molecular weight is 274 g/mol. The molecule has 5 heteroatoms. The van der Waals surface area contributed by atoms with Gasteiger partial charge in [0.25, 0.3) is 0 Å². The fourth-order valence-electron chi connectivity index (χ4n) is 3.01. The second kappa shape index (κ2) is 5.26. The van der Waals surface area contributed by atoms with Crippen molar-refractivity contribution in [2.24, 2.45) is 0 Å². The standard InChI is InChI=1S/C15H18N2O3/c1-2-17-13-4-3-10(15(19)20-9-18)7-11(13)12-8-16-6-5-14(12)17/h3-4,7,16,18H,2,5-6,8-9H2,1H3. The number of esters is 1. The molecule has 0 fully saturated rings. The van der Waals surface area contributed by atoms with Crippen LogP contribution < -0.4 is 5.32 Å². The number of nitrogens with one attached hydrogen (secondary N) is 1. The fourth-order valence-corrected chi connectivity index (χ4v) is 3.01. The molecule has 0 amide bonds. The third kappa shape index (κ3) is 1.99. The first-order chi connectivity index (χ1) is 9.76. The predicted octanol–water partition coefficient (Wildman–Crippen LogP) is 1.41. The van der Waals surface area contributed by atoms with Crippen molar-refractivity contribution in [2.45, 2.75) is 26.4 Å². The van der Waals surface area contributed by atoms with Gasteiger partial charge in [-0.3, -0.25) is 0 Å². The van der Waals surface area contributed by atoms with E-state index in [4.69, 9.17) is 5.11 Å². The van der Waals surface area contributed by atoms with E-state index in [1.165, 1.54) is 11.3 Å². The zero-order chi connectivity index (χ0) is 14.1.